The molecule has 1 aliphatic heterocycles. The van der Waals surface area contributed by atoms with E-state index in [9.17, 15) is 19.2 Å². The number of ketones is 1. The Balaban J connectivity index is 1.31. The van der Waals surface area contributed by atoms with Crippen LogP contribution in [-0.4, -0.2) is 54.0 Å². The molecule has 10 heteroatoms. The largest absolute Gasteiger partial charge is 0.457 e. The van der Waals surface area contributed by atoms with Gasteiger partial charge in [0.25, 0.3) is 5.91 Å². The number of rotatable bonds is 12. The number of nitrogens with one attached hydrogen (secondary N) is 2. The maximum absolute atomic E-state index is 13.1. The quantitative estimate of drug-likeness (QED) is 0.225. The van der Waals surface area contributed by atoms with Crippen molar-refractivity contribution in [3.05, 3.63) is 90.5 Å². The molecule has 10 nitrogen and oxygen atoms in total. The Labute approximate surface area is 264 Å². The summed E-state index contributed by atoms with van der Waals surface area (Å²) in [7, 11) is 0. The standard InChI is InChI=1S/C35H41N3O7/c1-5-6-17-29(31(39)32(40)36-24(2)25-13-9-7-10-14-25)37-33(41)45-30-22-38(23-35(30,3)4)34(42)44-28-20-18-27(19-21-28)43-26-15-11-8-12-16-26/h7-16,18-21,24,29-30H,5-6,17,22-23H2,1-4H3,(H,36,40)(H,37,41)/t24-,29+,30-/m1/s1. The number of para-hydroxylation sites is 1. The molecule has 0 aliphatic carbocycles. The maximum Gasteiger partial charge on any atom is 0.415 e. The smallest absolute Gasteiger partial charge is 0.415 e. The van der Waals surface area contributed by atoms with Crippen LogP contribution in [0.25, 0.3) is 0 Å². The van der Waals surface area contributed by atoms with E-state index in [-0.39, 0.29) is 19.1 Å². The minimum Gasteiger partial charge on any atom is -0.457 e. The number of Topliss-reactive ketones (excluding diaryl/α,β-unsaturated/α-hetero) is 1. The van der Waals surface area contributed by atoms with E-state index in [1.165, 1.54) is 4.90 Å². The van der Waals surface area contributed by atoms with Crippen molar-refractivity contribution in [3.63, 3.8) is 0 Å². The van der Waals surface area contributed by atoms with E-state index < -0.39 is 41.4 Å². The van der Waals surface area contributed by atoms with Crippen LogP contribution in [0.5, 0.6) is 17.2 Å². The lowest BCUT2D eigenvalue weighted by molar-refractivity contribution is -0.139. The van der Waals surface area contributed by atoms with Gasteiger partial charge in [-0.25, -0.2) is 9.59 Å². The first-order valence-electron chi connectivity index (χ1n) is 15.2. The topological polar surface area (TPSA) is 123 Å². The Hall–Kier alpha value is -4.86. The number of carbonyl (C=O) groups is 4. The predicted molar refractivity (Wildman–Crippen MR) is 169 cm³/mol. The summed E-state index contributed by atoms with van der Waals surface area (Å²) in [4.78, 5) is 53.4. The fourth-order valence-corrected chi connectivity index (χ4v) is 5.04. The molecule has 0 saturated carbocycles. The second-order valence-electron chi connectivity index (χ2n) is 11.8. The van der Waals surface area contributed by atoms with E-state index in [1.54, 1.807) is 31.2 Å². The van der Waals surface area contributed by atoms with Crippen molar-refractivity contribution in [2.75, 3.05) is 13.1 Å². The van der Waals surface area contributed by atoms with E-state index in [0.717, 1.165) is 12.0 Å². The van der Waals surface area contributed by atoms with Crippen LogP contribution in [0.2, 0.25) is 0 Å². The minimum atomic E-state index is -1.04. The van der Waals surface area contributed by atoms with Crippen molar-refractivity contribution in [2.24, 2.45) is 5.41 Å². The molecule has 1 heterocycles. The zero-order chi connectivity index (χ0) is 32.4. The summed E-state index contributed by atoms with van der Waals surface area (Å²) in [6.45, 7) is 7.91. The average Bonchev–Trinajstić information content (AvgIpc) is 3.34. The third-order valence-electron chi connectivity index (χ3n) is 7.70. The molecule has 0 bridgehead atoms. The zero-order valence-electron chi connectivity index (χ0n) is 26.2. The molecular weight excluding hydrogens is 574 g/mol. The van der Waals surface area contributed by atoms with Gasteiger partial charge in [-0.2, -0.15) is 0 Å². The molecule has 3 aromatic carbocycles. The molecular formula is C35H41N3O7. The van der Waals surface area contributed by atoms with Gasteiger partial charge in [0, 0.05) is 12.0 Å². The molecule has 0 radical (unpaired) electrons. The highest BCUT2D eigenvalue weighted by Gasteiger charge is 2.45. The summed E-state index contributed by atoms with van der Waals surface area (Å²) in [5, 5.41) is 5.32. The van der Waals surface area contributed by atoms with Crippen LogP contribution < -0.4 is 20.1 Å². The first-order valence-corrected chi connectivity index (χ1v) is 15.2. The molecule has 0 aromatic heterocycles. The minimum absolute atomic E-state index is 0.108. The fourth-order valence-electron chi connectivity index (χ4n) is 5.04. The number of alkyl carbamates (subject to hydrolysis) is 1. The molecule has 0 unspecified atom stereocenters. The molecule has 238 valence electrons. The summed E-state index contributed by atoms with van der Waals surface area (Å²) in [5.41, 5.74) is 0.270. The number of likely N-dealkylation sites (tertiary alicyclic amines) is 1. The van der Waals surface area contributed by atoms with Crippen molar-refractivity contribution in [1.82, 2.24) is 15.5 Å². The Morgan fingerprint density at radius 2 is 1.47 bits per heavy atom. The van der Waals surface area contributed by atoms with Gasteiger partial charge in [-0.15, -0.1) is 0 Å². The van der Waals surface area contributed by atoms with E-state index in [0.29, 0.717) is 30.1 Å². The molecule has 0 spiro atoms. The molecule has 2 N–H and O–H groups in total. The van der Waals surface area contributed by atoms with Gasteiger partial charge in [-0.3, -0.25) is 9.59 Å². The third-order valence-corrected chi connectivity index (χ3v) is 7.70. The van der Waals surface area contributed by atoms with E-state index in [1.807, 2.05) is 81.4 Å². The van der Waals surface area contributed by atoms with Crippen molar-refractivity contribution in [2.45, 2.75) is 65.1 Å². The number of benzene rings is 3. The predicted octanol–water partition coefficient (Wildman–Crippen LogP) is 6.42. The number of hydrogen-bond donors (Lipinski definition) is 2. The number of ether oxygens (including phenoxy) is 3. The van der Waals surface area contributed by atoms with Crippen molar-refractivity contribution in [1.29, 1.82) is 0 Å². The second kappa shape index (κ2) is 15.2. The number of unbranched alkanes of at least 4 members (excludes halogenated alkanes) is 1. The van der Waals surface area contributed by atoms with E-state index >= 15 is 0 Å². The molecule has 1 fully saturated rings. The van der Waals surface area contributed by atoms with Gasteiger partial charge in [0.2, 0.25) is 5.78 Å². The Morgan fingerprint density at radius 3 is 2.11 bits per heavy atom. The van der Waals surface area contributed by atoms with E-state index in [2.05, 4.69) is 10.6 Å². The molecule has 1 saturated heterocycles. The van der Waals surface area contributed by atoms with Gasteiger partial charge in [-0.1, -0.05) is 82.1 Å². The van der Waals surface area contributed by atoms with Gasteiger partial charge in [0.15, 0.2) is 0 Å². The van der Waals surface area contributed by atoms with E-state index in [4.69, 9.17) is 14.2 Å². The Bertz CT molecular complexity index is 1450. The normalized spacial score (nSPS) is 16.6. The molecule has 45 heavy (non-hydrogen) atoms. The van der Waals surface area contributed by atoms with Crippen molar-refractivity contribution >= 4 is 23.9 Å². The Morgan fingerprint density at radius 1 is 0.867 bits per heavy atom. The molecule has 3 atom stereocenters. The second-order valence-corrected chi connectivity index (χ2v) is 11.8. The summed E-state index contributed by atoms with van der Waals surface area (Å²) in [6.07, 6.45) is -0.369. The number of amides is 3. The fraction of sp³-hybridized carbons (Fsp3) is 0.371. The summed E-state index contributed by atoms with van der Waals surface area (Å²) >= 11 is 0. The number of hydrogen-bond acceptors (Lipinski definition) is 7. The van der Waals surface area contributed by atoms with Gasteiger partial charge in [-0.05, 0) is 55.3 Å². The van der Waals surface area contributed by atoms with Gasteiger partial charge < -0.3 is 29.7 Å². The Kier molecular flexibility index (Phi) is 11.2. The summed E-state index contributed by atoms with van der Waals surface area (Å²) in [5.74, 6) is 0.125. The van der Waals surface area contributed by atoms with Crippen LogP contribution >= 0.6 is 0 Å². The molecule has 4 rings (SSSR count). The van der Waals surface area contributed by atoms with Crippen molar-refractivity contribution in [3.8, 4) is 17.2 Å². The van der Waals surface area contributed by atoms with Crippen molar-refractivity contribution < 1.29 is 33.4 Å². The van der Waals surface area contributed by atoms with Crippen LogP contribution in [0.1, 0.15) is 58.6 Å². The lowest BCUT2D eigenvalue weighted by Gasteiger charge is -2.26. The highest BCUT2D eigenvalue weighted by atomic mass is 16.6. The monoisotopic (exact) mass is 615 g/mol. The first-order chi connectivity index (χ1) is 21.6. The summed E-state index contributed by atoms with van der Waals surface area (Å²) < 4.78 is 17.1. The first kappa shape index (κ1) is 33.0. The maximum atomic E-state index is 13.1. The third kappa shape index (κ3) is 9.31. The highest BCUT2D eigenvalue weighted by molar-refractivity contribution is 6.38. The zero-order valence-corrected chi connectivity index (χ0v) is 26.2. The van der Waals surface area contributed by atoms with Crippen LogP contribution in [0.3, 0.4) is 0 Å². The van der Waals surface area contributed by atoms with Crippen LogP contribution in [0.15, 0.2) is 84.9 Å². The van der Waals surface area contributed by atoms with Crippen LogP contribution in [0.4, 0.5) is 9.59 Å². The van der Waals surface area contributed by atoms with Gasteiger partial charge >= 0.3 is 12.2 Å². The van der Waals surface area contributed by atoms with Gasteiger partial charge in [0.1, 0.15) is 29.4 Å². The highest BCUT2D eigenvalue weighted by Crippen LogP contribution is 2.33. The molecule has 1 aliphatic rings. The molecule has 3 amide bonds. The summed E-state index contributed by atoms with van der Waals surface area (Å²) in [6, 6.07) is 23.9. The lowest BCUT2D eigenvalue weighted by atomic mass is 9.90. The SMILES string of the molecule is CCCC[C@H](NC(=O)O[C@@H]1CN(C(=O)Oc2ccc(Oc3ccccc3)cc2)CC1(C)C)C(=O)C(=O)N[C@H](C)c1ccccc1. The lowest BCUT2D eigenvalue weighted by Crippen LogP contribution is -2.49. The molecule has 3 aromatic rings. The van der Waals surface area contributed by atoms with Gasteiger partial charge in [0.05, 0.1) is 12.6 Å². The van der Waals surface area contributed by atoms with Crippen LogP contribution in [0, 0.1) is 5.41 Å². The number of carbonyl (C=O) groups excluding carboxylic acids is 4. The average molecular weight is 616 g/mol. The number of nitrogens with zero attached hydrogens (tertiary/aromatic N) is 1. The van der Waals surface area contributed by atoms with Crippen LogP contribution in [-0.2, 0) is 14.3 Å².